The molecule has 1 aliphatic rings. The van der Waals surface area contributed by atoms with E-state index >= 15 is 0 Å². The summed E-state index contributed by atoms with van der Waals surface area (Å²) in [5, 5.41) is 0. The van der Waals surface area contributed by atoms with Gasteiger partial charge in [-0.05, 0) is 172 Å². The molecular weight excluding hydrogens is 949 g/mol. The van der Waals surface area contributed by atoms with Gasteiger partial charge >= 0.3 is 0 Å². The first-order chi connectivity index (χ1) is 32.1. The number of aryl methyl sites for hydroxylation is 12. The number of unbranched alkanes of at least 4 members (excludes halogenated alkanes) is 2. The lowest BCUT2D eigenvalue weighted by atomic mass is 10.1. The van der Waals surface area contributed by atoms with E-state index in [1.165, 1.54) is 17.2 Å². The number of hydrogen-bond acceptors (Lipinski definition) is 8. The quantitative estimate of drug-likeness (QED) is 0.0630. The third kappa shape index (κ3) is 12.8. The van der Waals surface area contributed by atoms with Gasteiger partial charge in [0.1, 0.15) is 0 Å². The first-order valence-electron chi connectivity index (χ1n) is 24.4. The summed E-state index contributed by atoms with van der Waals surface area (Å²) in [4.78, 5) is 1.15. The van der Waals surface area contributed by atoms with Crippen LogP contribution in [0.2, 0.25) is 0 Å². The SMILES string of the molecule is CCN(CCCCN(C[C@H]1C[C@@H]1CN(CCCCN(CC)S(=O)(=O)c1c(C)cc(C)cc1C)S(=O)(=O)c1c(C)cc(C)cc1C)S(=O)(=O)c1c(C)cc(C)cc1C)S(=O)(=O)c1c(C)cc(C)cc1C. The summed E-state index contributed by atoms with van der Waals surface area (Å²) < 4.78 is 121. The summed E-state index contributed by atoms with van der Waals surface area (Å²) >= 11 is 0. The molecule has 2 atom stereocenters. The molecule has 0 N–H and O–H groups in total. The van der Waals surface area contributed by atoms with E-state index in [4.69, 9.17) is 0 Å². The second kappa shape index (κ2) is 22.5. The van der Waals surface area contributed by atoms with E-state index in [2.05, 4.69) is 0 Å². The van der Waals surface area contributed by atoms with Crippen LogP contribution in [0.15, 0.2) is 68.1 Å². The second-order valence-electron chi connectivity index (χ2n) is 19.8. The monoisotopic (exact) mass is 1030 g/mol. The van der Waals surface area contributed by atoms with Crippen LogP contribution < -0.4 is 0 Å². The fourth-order valence-corrected chi connectivity index (χ4v) is 18.5. The molecule has 0 radical (unpaired) electrons. The molecule has 16 heteroatoms. The van der Waals surface area contributed by atoms with Crippen molar-refractivity contribution in [1.82, 2.24) is 17.2 Å². The van der Waals surface area contributed by atoms with Crippen LogP contribution in [0.1, 0.15) is 113 Å². The highest BCUT2D eigenvalue weighted by Crippen LogP contribution is 2.42. The van der Waals surface area contributed by atoms with Crippen molar-refractivity contribution in [2.75, 3.05) is 52.4 Å². The molecule has 382 valence electrons. The minimum Gasteiger partial charge on any atom is -0.207 e. The van der Waals surface area contributed by atoms with Crippen molar-refractivity contribution in [3.8, 4) is 0 Å². The number of benzene rings is 4. The molecule has 5 rings (SSSR count). The maximum atomic E-state index is 14.8. The van der Waals surface area contributed by atoms with Gasteiger partial charge < -0.3 is 0 Å². The molecule has 69 heavy (non-hydrogen) atoms. The lowest BCUT2D eigenvalue weighted by molar-refractivity contribution is 0.339. The Balaban J connectivity index is 1.37. The molecule has 4 aromatic carbocycles. The maximum Gasteiger partial charge on any atom is 0.243 e. The van der Waals surface area contributed by atoms with Gasteiger partial charge in [-0.2, -0.15) is 17.2 Å². The highest BCUT2D eigenvalue weighted by Gasteiger charge is 2.44. The van der Waals surface area contributed by atoms with Crippen LogP contribution in [0.4, 0.5) is 0 Å². The van der Waals surface area contributed by atoms with Gasteiger partial charge in [-0.15, -0.1) is 0 Å². The van der Waals surface area contributed by atoms with Crippen molar-refractivity contribution in [2.24, 2.45) is 11.8 Å². The summed E-state index contributed by atoms with van der Waals surface area (Å²) in [6, 6.07) is 15.0. The summed E-state index contributed by atoms with van der Waals surface area (Å²) in [5.41, 5.74) is 9.27. The zero-order valence-corrected chi connectivity index (χ0v) is 46.9. The van der Waals surface area contributed by atoms with Gasteiger partial charge in [-0.25, -0.2) is 33.7 Å². The average Bonchev–Trinajstić information content (AvgIpc) is 3.94. The summed E-state index contributed by atoms with van der Waals surface area (Å²) in [6.45, 7) is 27.6. The summed E-state index contributed by atoms with van der Waals surface area (Å²) in [7, 11) is -15.6. The van der Waals surface area contributed by atoms with E-state index in [0.717, 1.165) is 22.3 Å². The molecule has 0 bridgehead atoms. The van der Waals surface area contributed by atoms with E-state index in [1.807, 2.05) is 145 Å². The van der Waals surface area contributed by atoms with E-state index in [9.17, 15) is 33.7 Å². The Hall–Kier alpha value is -3.48. The Bertz CT molecular complexity index is 2700. The van der Waals surface area contributed by atoms with E-state index in [-0.39, 0.29) is 74.0 Å². The Morgan fingerprint density at radius 3 is 0.739 bits per heavy atom. The molecule has 0 heterocycles. The first kappa shape index (κ1) is 56.4. The largest absolute Gasteiger partial charge is 0.243 e. The second-order valence-corrected chi connectivity index (χ2v) is 27.3. The maximum absolute atomic E-state index is 14.8. The van der Waals surface area contributed by atoms with Gasteiger partial charge in [0.05, 0.1) is 19.6 Å². The third-order valence-corrected chi connectivity index (χ3v) is 22.5. The number of sulfonamides is 4. The van der Waals surface area contributed by atoms with Crippen LogP contribution in [0, 0.1) is 94.9 Å². The smallest absolute Gasteiger partial charge is 0.207 e. The molecule has 1 fully saturated rings. The van der Waals surface area contributed by atoms with Crippen molar-refractivity contribution in [3.63, 3.8) is 0 Å². The highest BCUT2D eigenvalue weighted by atomic mass is 32.2. The Morgan fingerprint density at radius 2 is 0.536 bits per heavy atom. The van der Waals surface area contributed by atoms with Gasteiger partial charge in [0, 0.05) is 52.4 Å². The van der Waals surface area contributed by atoms with Crippen molar-refractivity contribution in [3.05, 3.63) is 115 Å². The number of nitrogens with zero attached hydrogens (tertiary/aromatic N) is 4. The van der Waals surface area contributed by atoms with Crippen molar-refractivity contribution in [1.29, 1.82) is 0 Å². The normalized spacial score (nSPS) is 15.9. The molecule has 1 aliphatic carbocycles. The van der Waals surface area contributed by atoms with Gasteiger partial charge in [-0.3, -0.25) is 0 Å². The highest BCUT2D eigenvalue weighted by molar-refractivity contribution is 7.90. The van der Waals surface area contributed by atoms with Crippen molar-refractivity contribution >= 4 is 40.1 Å². The van der Waals surface area contributed by atoms with Gasteiger partial charge in [0.15, 0.2) is 0 Å². The first-order valence-corrected chi connectivity index (χ1v) is 30.2. The minimum atomic E-state index is -4.02. The Labute approximate surface area is 416 Å². The van der Waals surface area contributed by atoms with E-state index in [1.54, 1.807) is 0 Å². The predicted octanol–water partition coefficient (Wildman–Crippen LogP) is 9.69. The lowest BCUT2D eigenvalue weighted by Crippen LogP contribution is -2.38. The standard InChI is InChI=1S/C53H78N4O8S4/c1-15-54(66(58,59)50-40(7)25-36(3)26-41(50)8)21-17-19-23-56(68(62,63)52-44(11)29-38(5)30-45(52)12)34-48-33-49(48)35-57(69(64,65)53-46(13)31-39(6)32-47(53)14)24-20-18-22-55(16-2)67(60,61)51-42(9)27-37(4)28-43(51)10/h25-32,48-49H,15-24,33-35H2,1-14H3/t48-,49-/m1/s1. The summed E-state index contributed by atoms with van der Waals surface area (Å²) in [5.74, 6) is -0.240. The zero-order valence-electron chi connectivity index (χ0n) is 43.7. The molecule has 0 amide bonds. The topological polar surface area (TPSA) is 150 Å². The molecule has 1 saturated carbocycles. The fourth-order valence-electron chi connectivity index (χ4n) is 10.8. The molecule has 0 aliphatic heterocycles. The number of hydrogen-bond donors (Lipinski definition) is 0. The van der Waals surface area contributed by atoms with Crippen LogP contribution in [0.3, 0.4) is 0 Å². The molecule has 4 aromatic rings. The third-order valence-electron chi connectivity index (χ3n) is 13.6. The van der Waals surface area contributed by atoms with Gasteiger partial charge in [0.2, 0.25) is 40.1 Å². The zero-order chi connectivity index (χ0) is 51.6. The number of rotatable bonds is 24. The van der Waals surface area contributed by atoms with Crippen LogP contribution in [-0.4, -0.2) is 103 Å². The Morgan fingerprint density at radius 1 is 0.348 bits per heavy atom. The summed E-state index contributed by atoms with van der Waals surface area (Å²) in [6.07, 6.45) is 2.33. The molecule has 0 aromatic heterocycles. The lowest BCUT2D eigenvalue weighted by Gasteiger charge is -2.27. The van der Waals surface area contributed by atoms with E-state index < -0.39 is 40.1 Å². The molecule has 0 unspecified atom stereocenters. The van der Waals surface area contributed by atoms with Crippen LogP contribution in [0.5, 0.6) is 0 Å². The molecule has 0 saturated heterocycles. The van der Waals surface area contributed by atoms with Crippen molar-refractivity contribution < 1.29 is 33.7 Å². The van der Waals surface area contributed by atoms with Crippen LogP contribution >= 0.6 is 0 Å². The average molecular weight is 1030 g/mol. The fraction of sp³-hybridized carbons (Fsp3) is 0.547. The molecule has 12 nitrogen and oxygen atoms in total. The van der Waals surface area contributed by atoms with Crippen LogP contribution in [0.25, 0.3) is 0 Å². The van der Waals surface area contributed by atoms with Crippen LogP contribution in [-0.2, 0) is 40.1 Å². The minimum absolute atomic E-state index is 0.120. The van der Waals surface area contributed by atoms with Gasteiger partial charge in [0.25, 0.3) is 0 Å². The van der Waals surface area contributed by atoms with Crippen molar-refractivity contribution in [2.45, 2.75) is 149 Å². The molecular formula is C53H78N4O8S4. The molecule has 0 spiro atoms. The predicted molar refractivity (Wildman–Crippen MR) is 279 cm³/mol. The van der Waals surface area contributed by atoms with E-state index in [0.29, 0.717) is 86.4 Å². The van der Waals surface area contributed by atoms with Gasteiger partial charge in [-0.1, -0.05) is 84.6 Å². The Kier molecular flexibility index (Phi) is 18.4.